The molecule has 0 aliphatic heterocycles. The predicted molar refractivity (Wildman–Crippen MR) is 107 cm³/mol. The van der Waals surface area contributed by atoms with Crippen molar-refractivity contribution in [1.82, 2.24) is 29.2 Å². The summed E-state index contributed by atoms with van der Waals surface area (Å²) >= 11 is 0. The minimum Gasteiger partial charge on any atom is -0.497 e. The smallest absolute Gasteiger partial charge is 0.332 e. The summed E-state index contributed by atoms with van der Waals surface area (Å²) in [6.45, 7) is 6.95. The number of aromatic nitrogens is 5. The first-order valence-electron chi connectivity index (χ1n) is 9.21. The number of fused-ring (bicyclic) bond motifs is 1. The lowest BCUT2D eigenvalue weighted by Crippen LogP contribution is -2.41. The monoisotopic (exact) mass is 384 g/mol. The summed E-state index contributed by atoms with van der Waals surface area (Å²) in [5.41, 5.74) is 0.139. The molecule has 148 valence electrons. The molecule has 0 N–H and O–H groups in total. The van der Waals surface area contributed by atoms with Gasteiger partial charge in [0, 0.05) is 25.7 Å². The molecular formula is C19H24N6O3. The third-order valence-corrected chi connectivity index (χ3v) is 4.83. The zero-order valence-electron chi connectivity index (χ0n) is 16.5. The molecule has 3 aromatic rings. The molecule has 0 amide bonds. The van der Waals surface area contributed by atoms with Gasteiger partial charge in [0.25, 0.3) is 5.56 Å². The fraction of sp³-hybridized carbons (Fsp3) is 0.421. The second-order valence-corrected chi connectivity index (χ2v) is 6.36. The molecule has 0 aliphatic rings. The lowest BCUT2D eigenvalue weighted by Gasteiger charge is -2.19. The van der Waals surface area contributed by atoms with Crippen LogP contribution in [0, 0.1) is 0 Å². The first-order chi connectivity index (χ1) is 13.5. The Morgan fingerprint density at radius 3 is 2.36 bits per heavy atom. The van der Waals surface area contributed by atoms with Crippen molar-refractivity contribution >= 4 is 11.2 Å². The van der Waals surface area contributed by atoms with Gasteiger partial charge in [0.2, 0.25) is 0 Å². The fourth-order valence-corrected chi connectivity index (χ4v) is 3.01. The number of hydrogen-bond donors (Lipinski definition) is 0. The van der Waals surface area contributed by atoms with E-state index in [1.807, 2.05) is 0 Å². The molecule has 0 saturated heterocycles. The summed E-state index contributed by atoms with van der Waals surface area (Å²) in [5.74, 6) is 1.03. The van der Waals surface area contributed by atoms with Crippen LogP contribution in [0.15, 0.2) is 33.9 Å². The highest BCUT2D eigenvalue weighted by molar-refractivity contribution is 5.71. The van der Waals surface area contributed by atoms with Gasteiger partial charge < -0.3 is 9.64 Å². The van der Waals surface area contributed by atoms with E-state index >= 15 is 0 Å². The van der Waals surface area contributed by atoms with Gasteiger partial charge in [-0.1, -0.05) is 13.8 Å². The molecule has 2 aromatic heterocycles. The van der Waals surface area contributed by atoms with Crippen LogP contribution in [0.2, 0.25) is 0 Å². The van der Waals surface area contributed by atoms with Gasteiger partial charge in [0.05, 0.1) is 7.11 Å². The van der Waals surface area contributed by atoms with E-state index in [1.165, 1.54) is 11.6 Å². The molecule has 0 atom stereocenters. The third-order valence-electron chi connectivity index (χ3n) is 4.83. The van der Waals surface area contributed by atoms with E-state index in [0.29, 0.717) is 30.2 Å². The average molecular weight is 384 g/mol. The predicted octanol–water partition coefficient (Wildman–Crippen LogP) is 0.903. The lowest BCUT2D eigenvalue weighted by molar-refractivity contribution is 0.289. The van der Waals surface area contributed by atoms with Crippen LogP contribution < -0.4 is 16.0 Å². The van der Waals surface area contributed by atoms with Gasteiger partial charge in [-0.2, -0.15) is 0 Å². The van der Waals surface area contributed by atoms with E-state index in [-0.39, 0.29) is 11.2 Å². The number of ether oxygens (including phenoxy) is 1. The van der Waals surface area contributed by atoms with Crippen LogP contribution in [0.5, 0.6) is 5.75 Å². The van der Waals surface area contributed by atoms with Crippen LogP contribution in [0.3, 0.4) is 0 Å². The number of likely N-dealkylation sites (N-methyl/N-ethyl adjacent to an activating group) is 1. The van der Waals surface area contributed by atoms with E-state index in [0.717, 1.165) is 17.7 Å². The molecule has 0 fully saturated rings. The molecule has 2 heterocycles. The molecule has 1 aromatic carbocycles. The van der Waals surface area contributed by atoms with E-state index in [4.69, 9.17) is 4.74 Å². The average Bonchev–Trinajstić information content (AvgIpc) is 2.74. The molecule has 0 radical (unpaired) electrons. The van der Waals surface area contributed by atoms with Crippen molar-refractivity contribution in [3.05, 3.63) is 45.1 Å². The van der Waals surface area contributed by atoms with Crippen LogP contribution in [-0.4, -0.2) is 56.0 Å². The number of benzene rings is 1. The number of hydrogen-bond acceptors (Lipinski definition) is 7. The molecular weight excluding hydrogens is 360 g/mol. The SMILES string of the molecule is CCN(CC)CCn1c(=O)n(C)c(=O)c2nc(-c3ccc(OC)cc3)nnc21. The van der Waals surface area contributed by atoms with Gasteiger partial charge in [-0.25, -0.2) is 9.78 Å². The maximum absolute atomic E-state index is 12.6. The molecule has 0 bridgehead atoms. The number of methoxy groups -OCH3 is 1. The van der Waals surface area contributed by atoms with Gasteiger partial charge in [-0.15, -0.1) is 10.2 Å². The van der Waals surface area contributed by atoms with Crippen molar-refractivity contribution in [2.75, 3.05) is 26.7 Å². The van der Waals surface area contributed by atoms with Crippen LogP contribution in [0.4, 0.5) is 0 Å². The second-order valence-electron chi connectivity index (χ2n) is 6.36. The van der Waals surface area contributed by atoms with Gasteiger partial charge in [0.15, 0.2) is 17.0 Å². The largest absolute Gasteiger partial charge is 0.497 e. The van der Waals surface area contributed by atoms with E-state index in [1.54, 1.807) is 31.4 Å². The topological polar surface area (TPSA) is 95.1 Å². The molecule has 3 rings (SSSR count). The van der Waals surface area contributed by atoms with Crippen LogP contribution in [0.25, 0.3) is 22.6 Å². The van der Waals surface area contributed by atoms with Crippen molar-refractivity contribution < 1.29 is 4.74 Å². The fourth-order valence-electron chi connectivity index (χ4n) is 3.01. The van der Waals surface area contributed by atoms with E-state index < -0.39 is 11.2 Å². The second kappa shape index (κ2) is 8.30. The van der Waals surface area contributed by atoms with Crippen molar-refractivity contribution in [3.63, 3.8) is 0 Å². The van der Waals surface area contributed by atoms with Crippen molar-refractivity contribution in [3.8, 4) is 17.1 Å². The Bertz CT molecular complexity index is 1080. The van der Waals surface area contributed by atoms with Gasteiger partial charge in [-0.05, 0) is 37.4 Å². The highest BCUT2D eigenvalue weighted by atomic mass is 16.5. The minimum absolute atomic E-state index is 0.127. The molecule has 0 saturated carbocycles. The molecule has 9 heteroatoms. The Labute approximate surface area is 162 Å². The quantitative estimate of drug-likeness (QED) is 0.597. The first-order valence-corrected chi connectivity index (χ1v) is 9.21. The maximum atomic E-state index is 12.6. The first kappa shape index (κ1) is 19.7. The maximum Gasteiger partial charge on any atom is 0.332 e. The van der Waals surface area contributed by atoms with Gasteiger partial charge in [-0.3, -0.25) is 13.9 Å². The van der Waals surface area contributed by atoms with E-state index in [2.05, 4.69) is 33.9 Å². The van der Waals surface area contributed by atoms with Crippen molar-refractivity contribution in [1.29, 1.82) is 0 Å². The zero-order chi connectivity index (χ0) is 20.3. The minimum atomic E-state index is -0.483. The van der Waals surface area contributed by atoms with Crippen LogP contribution in [0.1, 0.15) is 13.8 Å². The Morgan fingerprint density at radius 1 is 1.07 bits per heavy atom. The lowest BCUT2D eigenvalue weighted by atomic mass is 10.2. The summed E-state index contributed by atoms with van der Waals surface area (Å²) < 4.78 is 7.68. The van der Waals surface area contributed by atoms with E-state index in [9.17, 15) is 9.59 Å². The highest BCUT2D eigenvalue weighted by Crippen LogP contribution is 2.19. The van der Waals surface area contributed by atoms with Crippen LogP contribution >= 0.6 is 0 Å². The summed E-state index contributed by atoms with van der Waals surface area (Å²) in [5, 5.41) is 8.33. The number of nitrogens with zero attached hydrogens (tertiary/aromatic N) is 6. The van der Waals surface area contributed by atoms with Crippen LogP contribution in [-0.2, 0) is 13.6 Å². The molecule has 0 unspecified atom stereocenters. The molecule has 28 heavy (non-hydrogen) atoms. The standard InChI is InChI=1S/C19H24N6O3/c1-5-24(6-2)11-12-25-17-15(18(26)23(3)19(25)27)20-16(21-22-17)13-7-9-14(28-4)10-8-13/h7-10H,5-6,11-12H2,1-4H3. The Kier molecular flexibility index (Phi) is 5.84. The number of rotatable bonds is 7. The van der Waals surface area contributed by atoms with Gasteiger partial charge >= 0.3 is 5.69 Å². The summed E-state index contributed by atoms with van der Waals surface area (Å²) in [6.07, 6.45) is 0. The van der Waals surface area contributed by atoms with Gasteiger partial charge in [0.1, 0.15) is 5.75 Å². The summed E-state index contributed by atoms with van der Waals surface area (Å²) in [6, 6.07) is 7.16. The molecule has 0 spiro atoms. The zero-order valence-corrected chi connectivity index (χ0v) is 16.5. The van der Waals surface area contributed by atoms with Crippen molar-refractivity contribution in [2.24, 2.45) is 7.05 Å². The summed E-state index contributed by atoms with van der Waals surface area (Å²) in [4.78, 5) is 31.8. The normalized spacial score (nSPS) is 11.3. The Morgan fingerprint density at radius 2 is 1.75 bits per heavy atom. The summed E-state index contributed by atoms with van der Waals surface area (Å²) in [7, 11) is 3.04. The molecule has 9 nitrogen and oxygen atoms in total. The molecule has 0 aliphatic carbocycles. The Hall–Kier alpha value is -3.07. The third kappa shape index (κ3) is 3.65. The Balaban J connectivity index is 2.10. The van der Waals surface area contributed by atoms with Crippen molar-refractivity contribution in [2.45, 2.75) is 20.4 Å². The highest BCUT2D eigenvalue weighted by Gasteiger charge is 2.16.